The second-order valence-corrected chi connectivity index (χ2v) is 15.7. The third-order valence-corrected chi connectivity index (χ3v) is 12.4. The maximum Gasteiger partial charge on any atom is 0.345 e. The number of aliphatic hydroxyl groups excluding tert-OH is 1. The van der Waals surface area contributed by atoms with Crippen LogP contribution in [0.4, 0.5) is 0 Å². The Morgan fingerprint density at radius 2 is 1.80 bits per heavy atom. The Kier molecular flexibility index (Phi) is 7.94. The molecule has 0 saturated heterocycles. The summed E-state index contributed by atoms with van der Waals surface area (Å²) in [6.45, 7) is 6.02. The molecule has 4 fully saturated rings. The molecule has 0 amide bonds. The van der Waals surface area contributed by atoms with Gasteiger partial charge in [-0.15, -0.1) is 0 Å². The molecule has 0 bridgehead atoms. The van der Waals surface area contributed by atoms with Crippen molar-refractivity contribution in [1.82, 2.24) is 14.5 Å². The second kappa shape index (κ2) is 12.0. The number of aromatic nitrogens is 3. The van der Waals surface area contributed by atoms with Crippen LogP contribution in [0.5, 0.6) is 5.75 Å². The number of carbonyl (C=O) groups excluding carboxylic acids is 2. The minimum absolute atomic E-state index is 0.0253. The van der Waals surface area contributed by atoms with Crippen LogP contribution < -0.4 is 10.4 Å². The highest BCUT2D eigenvalue weighted by molar-refractivity contribution is 7.80. The molecule has 0 spiro atoms. The molecule has 8 atom stereocenters. The predicted octanol–water partition coefficient (Wildman–Crippen LogP) is 5.02. The summed E-state index contributed by atoms with van der Waals surface area (Å²) >= 11 is 5.75. The lowest BCUT2D eigenvalue weighted by Gasteiger charge is -2.66. The Bertz CT molecular complexity index is 1880. The molecule has 0 aromatic carbocycles. The first kappa shape index (κ1) is 33.1. The number of fused-ring (bicyclic) bond motifs is 4. The number of imidazole rings is 1. The van der Waals surface area contributed by atoms with Crippen molar-refractivity contribution in [2.75, 3.05) is 6.61 Å². The number of hydrogen-bond donors (Lipinski definition) is 1. The van der Waals surface area contributed by atoms with Gasteiger partial charge in [0.15, 0.2) is 0 Å². The summed E-state index contributed by atoms with van der Waals surface area (Å²) in [5, 5.41) is 12.6. The SMILES string of the molecule is CC1(COC(=O)C2CC2)C2C[C@H](OC(=S)n3ccnc3)[C@@]3(C)Oc4cc(-c5cccnc5)oc(=O)c4[C@H](O)C3[C@@]2(C)CC[C@@H]1OC(=O)C1CC1. The molecule has 0 radical (unpaired) electrons. The van der Waals surface area contributed by atoms with Crippen LogP contribution in [0.1, 0.15) is 77.4 Å². The third kappa shape index (κ3) is 5.44. The molecule has 3 aromatic heterocycles. The summed E-state index contributed by atoms with van der Waals surface area (Å²) in [5.74, 6) is -1.29. The molecule has 4 aliphatic carbocycles. The highest BCUT2D eigenvalue weighted by atomic mass is 32.1. The predicted molar refractivity (Wildman–Crippen MR) is 181 cm³/mol. The van der Waals surface area contributed by atoms with E-state index in [4.69, 9.17) is 35.6 Å². The molecular weight excluding hydrogens is 662 g/mol. The lowest BCUT2D eigenvalue weighted by molar-refractivity contribution is -0.265. The molecule has 4 heterocycles. The van der Waals surface area contributed by atoms with Gasteiger partial charge in [-0.1, -0.05) is 13.8 Å². The van der Waals surface area contributed by atoms with Crippen molar-refractivity contribution < 1.29 is 38.1 Å². The molecule has 12 nitrogen and oxygen atoms in total. The van der Waals surface area contributed by atoms with Crippen molar-refractivity contribution >= 4 is 29.3 Å². The number of nitrogens with zero attached hydrogens (tertiary/aromatic N) is 3. The van der Waals surface area contributed by atoms with Crippen LogP contribution in [0.3, 0.4) is 0 Å². The Morgan fingerprint density at radius 1 is 1.04 bits per heavy atom. The van der Waals surface area contributed by atoms with Gasteiger partial charge < -0.3 is 28.5 Å². The van der Waals surface area contributed by atoms with Crippen molar-refractivity contribution in [3.05, 3.63) is 65.3 Å². The highest BCUT2D eigenvalue weighted by Gasteiger charge is 2.71. The van der Waals surface area contributed by atoms with Crippen LogP contribution in [-0.4, -0.2) is 61.2 Å². The van der Waals surface area contributed by atoms with E-state index in [1.807, 2.05) is 13.8 Å². The molecule has 4 saturated carbocycles. The number of hydrogen-bond acceptors (Lipinski definition) is 12. The quantitative estimate of drug-likeness (QED) is 0.260. The van der Waals surface area contributed by atoms with Crippen molar-refractivity contribution in [2.45, 2.75) is 89.6 Å². The summed E-state index contributed by atoms with van der Waals surface area (Å²) in [7, 11) is 0. The monoisotopic (exact) mass is 703 g/mol. The van der Waals surface area contributed by atoms with E-state index in [1.54, 1.807) is 53.9 Å². The average molecular weight is 704 g/mol. The highest BCUT2D eigenvalue weighted by Crippen LogP contribution is 2.67. The van der Waals surface area contributed by atoms with Crippen molar-refractivity contribution in [2.24, 2.45) is 34.5 Å². The fraction of sp³-hybridized carbons (Fsp3) is 0.568. The molecule has 8 rings (SSSR count). The number of aliphatic hydroxyl groups is 1. The van der Waals surface area contributed by atoms with E-state index in [1.165, 1.54) is 0 Å². The number of carbonyl (C=O) groups is 2. The Morgan fingerprint density at radius 3 is 2.48 bits per heavy atom. The molecule has 13 heteroatoms. The number of thiocarbonyl (C=S) groups is 1. The van der Waals surface area contributed by atoms with Crippen LogP contribution >= 0.6 is 12.2 Å². The van der Waals surface area contributed by atoms with Crippen LogP contribution in [0, 0.1) is 34.5 Å². The van der Waals surface area contributed by atoms with Crippen molar-refractivity contribution in [3.8, 4) is 17.1 Å². The maximum atomic E-state index is 13.7. The standard InChI is InChI=1S/C37H41N3O9S/c1-35-11-10-26(47-32(43)21-8-9-21)36(2,18-45-31(42)20-6-7-20)25(35)16-27(48-34(50)40-14-13-39-19-40)37(3)30(35)29(41)28-24(49-37)15-23(46-33(28)44)22-5-4-12-38-17-22/h4-5,12-15,17,19-21,25-27,29-30,41H,6-11,16,18H2,1-3H3/t25?,26-,27-,29-,30?,35-,36?,37+/m0/s1. The second-order valence-electron chi connectivity index (χ2n) is 15.4. The first-order valence-electron chi connectivity index (χ1n) is 17.4. The van der Waals surface area contributed by atoms with E-state index < -0.39 is 46.3 Å². The van der Waals surface area contributed by atoms with Crippen molar-refractivity contribution in [3.63, 3.8) is 0 Å². The van der Waals surface area contributed by atoms with Crippen LogP contribution in [0.25, 0.3) is 11.3 Å². The van der Waals surface area contributed by atoms with E-state index in [0.29, 0.717) is 24.8 Å². The van der Waals surface area contributed by atoms with E-state index >= 15 is 0 Å². The van der Waals surface area contributed by atoms with Gasteiger partial charge in [0.25, 0.3) is 5.17 Å². The molecular formula is C37H41N3O9S. The molecule has 3 aromatic rings. The van der Waals surface area contributed by atoms with Crippen LogP contribution in [0.2, 0.25) is 0 Å². The minimum atomic E-state index is -1.31. The Balaban J connectivity index is 1.23. The number of ether oxygens (including phenoxy) is 4. The average Bonchev–Trinajstić information content (AvgIpc) is 4.04. The summed E-state index contributed by atoms with van der Waals surface area (Å²) in [6.07, 6.45) is 10.00. The van der Waals surface area contributed by atoms with Gasteiger partial charge in [-0.25, -0.2) is 9.78 Å². The van der Waals surface area contributed by atoms with Crippen molar-refractivity contribution in [1.29, 1.82) is 0 Å². The topological polar surface area (TPSA) is 152 Å². The summed E-state index contributed by atoms with van der Waals surface area (Å²) in [6, 6.07) is 5.13. The fourth-order valence-corrected chi connectivity index (χ4v) is 9.37. The molecule has 50 heavy (non-hydrogen) atoms. The van der Waals surface area contributed by atoms with Gasteiger partial charge in [-0.2, -0.15) is 0 Å². The molecule has 5 aliphatic rings. The Hall–Kier alpha value is -4.10. The number of esters is 2. The van der Waals surface area contributed by atoms with Gasteiger partial charge >= 0.3 is 17.6 Å². The van der Waals surface area contributed by atoms with E-state index in [-0.39, 0.29) is 58.5 Å². The summed E-state index contributed by atoms with van der Waals surface area (Å²) in [5.41, 5.74) is -2.87. The van der Waals surface area contributed by atoms with E-state index in [0.717, 1.165) is 25.7 Å². The van der Waals surface area contributed by atoms with Crippen LogP contribution in [-0.2, 0) is 23.8 Å². The fourth-order valence-electron chi connectivity index (χ4n) is 9.15. The number of rotatable bonds is 7. The lowest BCUT2D eigenvalue weighted by Crippen LogP contribution is -2.71. The van der Waals surface area contributed by atoms with E-state index in [2.05, 4.69) is 16.9 Å². The maximum absolute atomic E-state index is 13.7. The minimum Gasteiger partial charge on any atom is -0.482 e. The van der Waals surface area contributed by atoms with Gasteiger partial charge in [-0.05, 0) is 87.6 Å². The normalized spacial score (nSPS) is 34.3. The molecule has 264 valence electrons. The smallest absolute Gasteiger partial charge is 0.345 e. The van der Waals surface area contributed by atoms with Gasteiger partial charge in [0.05, 0.1) is 17.9 Å². The zero-order valence-electron chi connectivity index (χ0n) is 28.3. The molecule has 3 unspecified atom stereocenters. The van der Waals surface area contributed by atoms with Crippen LogP contribution in [0.15, 0.2) is 58.5 Å². The summed E-state index contributed by atoms with van der Waals surface area (Å²) in [4.78, 5) is 48.1. The summed E-state index contributed by atoms with van der Waals surface area (Å²) < 4.78 is 33.1. The Labute approximate surface area is 294 Å². The van der Waals surface area contributed by atoms with E-state index in [9.17, 15) is 19.5 Å². The van der Waals surface area contributed by atoms with Gasteiger partial charge in [0.1, 0.15) is 47.8 Å². The third-order valence-electron chi connectivity index (χ3n) is 12.1. The first-order chi connectivity index (χ1) is 23.9. The zero-order valence-corrected chi connectivity index (χ0v) is 29.1. The van der Waals surface area contributed by atoms with Gasteiger partial charge in [0.2, 0.25) is 0 Å². The molecule has 1 N–H and O–H groups in total. The first-order valence-corrected chi connectivity index (χ1v) is 17.8. The lowest BCUT2D eigenvalue weighted by atomic mass is 9.42. The number of pyridine rings is 1. The molecule has 1 aliphatic heterocycles. The largest absolute Gasteiger partial charge is 0.482 e. The van der Waals surface area contributed by atoms with Gasteiger partial charge in [0, 0.05) is 47.8 Å². The zero-order chi connectivity index (χ0) is 35.0. The van der Waals surface area contributed by atoms with Gasteiger partial charge in [-0.3, -0.25) is 19.1 Å².